The lowest BCUT2D eigenvalue weighted by Gasteiger charge is -2.40. The maximum Gasteiger partial charge on any atom is 0.0537 e. The number of fused-ring (bicyclic) bond motifs is 1. The van der Waals surface area contributed by atoms with E-state index in [0.717, 1.165) is 19.3 Å². The molecule has 2 rings (SSSR count). The lowest BCUT2D eigenvalue weighted by Crippen LogP contribution is -2.41. The summed E-state index contributed by atoms with van der Waals surface area (Å²) >= 11 is 0. The van der Waals surface area contributed by atoms with E-state index in [9.17, 15) is 15.3 Å². The number of aryl methyl sites for hydroxylation is 1. The molecule has 0 amide bonds. The van der Waals surface area contributed by atoms with Gasteiger partial charge in [-0.15, -0.1) is 0 Å². The molecule has 0 aliphatic heterocycles. The maximum atomic E-state index is 9.53. The molecule has 1 aliphatic carbocycles. The predicted octanol–water partition coefficient (Wildman–Crippen LogP) is 1.07. The largest absolute Gasteiger partial charge is 0.396 e. The molecule has 17 heavy (non-hydrogen) atoms. The Balaban J connectivity index is 2.40. The summed E-state index contributed by atoms with van der Waals surface area (Å²) < 4.78 is 0. The minimum atomic E-state index is -0.795. The number of aliphatic hydroxyl groups is 3. The van der Waals surface area contributed by atoms with Gasteiger partial charge in [0.25, 0.3) is 0 Å². The lowest BCUT2D eigenvalue weighted by molar-refractivity contribution is -0.0191. The molecule has 0 radical (unpaired) electrons. The second-order valence-electron chi connectivity index (χ2n) is 4.98. The zero-order valence-corrected chi connectivity index (χ0v) is 9.97. The van der Waals surface area contributed by atoms with Gasteiger partial charge in [-0.2, -0.15) is 0 Å². The van der Waals surface area contributed by atoms with Crippen LogP contribution in [0.3, 0.4) is 0 Å². The van der Waals surface area contributed by atoms with Gasteiger partial charge in [0.05, 0.1) is 19.8 Å². The molecule has 3 N–H and O–H groups in total. The van der Waals surface area contributed by atoms with E-state index >= 15 is 0 Å². The van der Waals surface area contributed by atoms with Gasteiger partial charge in [0.15, 0.2) is 0 Å². The van der Waals surface area contributed by atoms with Crippen LogP contribution in [-0.4, -0.2) is 35.1 Å². The second-order valence-corrected chi connectivity index (χ2v) is 4.98. The molecule has 0 fully saturated rings. The van der Waals surface area contributed by atoms with Crippen LogP contribution < -0.4 is 0 Å². The predicted molar refractivity (Wildman–Crippen MR) is 65.8 cm³/mol. The average molecular weight is 236 g/mol. The van der Waals surface area contributed by atoms with E-state index in [1.54, 1.807) is 0 Å². The third-order valence-corrected chi connectivity index (χ3v) is 4.05. The molecular formula is C14H20O3. The molecule has 0 heterocycles. The van der Waals surface area contributed by atoms with E-state index in [-0.39, 0.29) is 25.7 Å². The SMILES string of the molecule is OCC(CO)(CO)C1CCCc2ccccc21. The van der Waals surface area contributed by atoms with Gasteiger partial charge in [0.2, 0.25) is 0 Å². The standard InChI is InChI=1S/C14H20O3/c15-8-14(9-16,10-17)13-7-3-5-11-4-1-2-6-12(11)13/h1-2,4,6,13,15-17H,3,5,7-10H2. The molecule has 3 heteroatoms. The summed E-state index contributed by atoms with van der Waals surface area (Å²) in [5.41, 5.74) is 1.66. The highest BCUT2D eigenvalue weighted by atomic mass is 16.3. The van der Waals surface area contributed by atoms with Gasteiger partial charge in [-0.1, -0.05) is 24.3 Å². The molecule has 1 aromatic rings. The van der Waals surface area contributed by atoms with Crippen LogP contribution in [-0.2, 0) is 6.42 Å². The normalized spacial score (nSPS) is 20.1. The molecule has 1 aromatic carbocycles. The molecule has 0 saturated heterocycles. The number of hydrogen-bond acceptors (Lipinski definition) is 3. The molecule has 1 unspecified atom stereocenters. The van der Waals surface area contributed by atoms with Gasteiger partial charge < -0.3 is 15.3 Å². The van der Waals surface area contributed by atoms with Crippen LogP contribution in [0.1, 0.15) is 29.9 Å². The summed E-state index contributed by atoms with van der Waals surface area (Å²) in [5.74, 6) is 0.0486. The van der Waals surface area contributed by atoms with Crippen molar-refractivity contribution < 1.29 is 15.3 Å². The molecule has 0 saturated carbocycles. The van der Waals surface area contributed by atoms with Crippen molar-refractivity contribution in [2.45, 2.75) is 25.2 Å². The average Bonchev–Trinajstić information content (AvgIpc) is 2.41. The van der Waals surface area contributed by atoms with Gasteiger partial charge in [-0.25, -0.2) is 0 Å². The van der Waals surface area contributed by atoms with Crippen LogP contribution in [0.4, 0.5) is 0 Å². The minimum Gasteiger partial charge on any atom is -0.396 e. The first-order valence-corrected chi connectivity index (χ1v) is 6.18. The Hall–Kier alpha value is -0.900. The number of benzene rings is 1. The lowest BCUT2D eigenvalue weighted by atomic mass is 9.67. The van der Waals surface area contributed by atoms with E-state index in [0.29, 0.717) is 0 Å². The van der Waals surface area contributed by atoms with E-state index in [2.05, 4.69) is 12.1 Å². The fourth-order valence-corrected chi connectivity index (χ4v) is 2.87. The van der Waals surface area contributed by atoms with E-state index in [1.165, 1.54) is 11.1 Å². The van der Waals surface area contributed by atoms with Crippen molar-refractivity contribution in [3.8, 4) is 0 Å². The zero-order chi connectivity index (χ0) is 12.3. The first-order valence-electron chi connectivity index (χ1n) is 6.18. The first-order chi connectivity index (χ1) is 8.27. The molecule has 1 aliphatic rings. The van der Waals surface area contributed by atoms with Crippen molar-refractivity contribution in [2.75, 3.05) is 19.8 Å². The Morgan fingerprint density at radius 2 is 1.71 bits per heavy atom. The fraction of sp³-hybridized carbons (Fsp3) is 0.571. The van der Waals surface area contributed by atoms with Gasteiger partial charge in [-0.05, 0) is 36.3 Å². The number of aliphatic hydroxyl groups excluding tert-OH is 3. The Morgan fingerprint density at radius 3 is 2.35 bits per heavy atom. The second kappa shape index (κ2) is 5.17. The van der Waals surface area contributed by atoms with E-state index in [1.807, 2.05) is 12.1 Å². The molecular weight excluding hydrogens is 216 g/mol. The monoisotopic (exact) mass is 236 g/mol. The van der Waals surface area contributed by atoms with Crippen molar-refractivity contribution in [2.24, 2.45) is 5.41 Å². The Morgan fingerprint density at radius 1 is 1.06 bits per heavy atom. The topological polar surface area (TPSA) is 60.7 Å². The van der Waals surface area contributed by atoms with Gasteiger partial charge in [-0.3, -0.25) is 0 Å². The summed E-state index contributed by atoms with van der Waals surface area (Å²) in [6.45, 7) is -0.545. The molecule has 3 nitrogen and oxygen atoms in total. The van der Waals surface area contributed by atoms with Crippen LogP contribution in [0.25, 0.3) is 0 Å². The van der Waals surface area contributed by atoms with Crippen molar-refractivity contribution in [3.63, 3.8) is 0 Å². The third-order valence-electron chi connectivity index (χ3n) is 4.05. The highest BCUT2D eigenvalue weighted by Gasteiger charge is 2.40. The van der Waals surface area contributed by atoms with Crippen molar-refractivity contribution in [1.29, 1.82) is 0 Å². The number of rotatable bonds is 4. The summed E-state index contributed by atoms with van der Waals surface area (Å²) in [4.78, 5) is 0. The molecule has 1 atom stereocenters. The zero-order valence-electron chi connectivity index (χ0n) is 9.97. The van der Waals surface area contributed by atoms with Crippen molar-refractivity contribution >= 4 is 0 Å². The Bertz CT molecular complexity index is 363. The van der Waals surface area contributed by atoms with E-state index < -0.39 is 5.41 Å². The third kappa shape index (κ3) is 2.10. The van der Waals surface area contributed by atoms with Gasteiger partial charge >= 0.3 is 0 Å². The highest BCUT2D eigenvalue weighted by Crippen LogP contribution is 2.43. The fourth-order valence-electron chi connectivity index (χ4n) is 2.87. The van der Waals surface area contributed by atoms with E-state index in [4.69, 9.17) is 0 Å². The summed E-state index contributed by atoms with van der Waals surface area (Å²) in [6, 6.07) is 8.14. The summed E-state index contributed by atoms with van der Waals surface area (Å²) in [6.07, 6.45) is 3.01. The van der Waals surface area contributed by atoms with Crippen molar-refractivity contribution in [1.82, 2.24) is 0 Å². The van der Waals surface area contributed by atoms with Gasteiger partial charge in [0.1, 0.15) is 0 Å². The summed E-state index contributed by atoms with van der Waals surface area (Å²) in [5, 5.41) is 28.6. The highest BCUT2D eigenvalue weighted by molar-refractivity contribution is 5.34. The van der Waals surface area contributed by atoms with Crippen LogP contribution in [0.5, 0.6) is 0 Å². The molecule has 94 valence electrons. The quantitative estimate of drug-likeness (QED) is 0.733. The van der Waals surface area contributed by atoms with Crippen LogP contribution in [0, 0.1) is 5.41 Å². The first kappa shape index (κ1) is 12.6. The van der Waals surface area contributed by atoms with Crippen LogP contribution in [0.2, 0.25) is 0 Å². The van der Waals surface area contributed by atoms with Crippen LogP contribution >= 0.6 is 0 Å². The summed E-state index contributed by atoms with van der Waals surface area (Å²) in [7, 11) is 0. The van der Waals surface area contributed by atoms with Gasteiger partial charge in [0, 0.05) is 5.41 Å². The maximum absolute atomic E-state index is 9.53. The molecule has 0 spiro atoms. The van der Waals surface area contributed by atoms with Crippen LogP contribution in [0.15, 0.2) is 24.3 Å². The minimum absolute atomic E-state index is 0.0486. The Labute approximate surface area is 102 Å². The molecule has 0 bridgehead atoms. The number of hydrogen-bond donors (Lipinski definition) is 3. The Kier molecular flexibility index (Phi) is 3.82. The van der Waals surface area contributed by atoms with Crippen molar-refractivity contribution in [3.05, 3.63) is 35.4 Å². The molecule has 0 aromatic heterocycles. The smallest absolute Gasteiger partial charge is 0.0537 e.